The number of allylic oxidation sites excluding steroid dienone is 1. The van der Waals surface area contributed by atoms with Gasteiger partial charge in [0.15, 0.2) is 0 Å². The molecule has 4 nitrogen and oxygen atoms in total. The minimum Gasteiger partial charge on any atom is -0.490 e. The summed E-state index contributed by atoms with van der Waals surface area (Å²) < 4.78 is 6.81. The molecule has 1 heterocycles. The number of nitrogens with one attached hydrogen (secondary N) is 1. The van der Waals surface area contributed by atoms with E-state index in [0.29, 0.717) is 13.0 Å². The van der Waals surface area contributed by atoms with Crippen LogP contribution < -0.4 is 10.1 Å². The second-order valence-corrected chi connectivity index (χ2v) is 7.22. The molecule has 2 aromatic carbocycles. The molecule has 1 aromatic heterocycles. The van der Waals surface area contributed by atoms with Crippen LogP contribution in [-0.2, 0) is 11.2 Å². The summed E-state index contributed by atoms with van der Waals surface area (Å²) in [6.07, 6.45) is 8.01. The third kappa shape index (κ3) is 5.93. The van der Waals surface area contributed by atoms with E-state index in [2.05, 4.69) is 23.3 Å². The number of aromatic nitrogens is 1. The highest BCUT2D eigenvalue weighted by atomic mass is 32.1. The summed E-state index contributed by atoms with van der Waals surface area (Å²) in [5, 5.41) is 2.95. The number of carbonyl (C=O) groups is 1. The predicted octanol–water partition coefficient (Wildman–Crippen LogP) is 5.60. The number of fused-ring (bicyclic) bond motifs is 1. The number of thiazole rings is 1. The van der Waals surface area contributed by atoms with Gasteiger partial charge in [-0.15, -0.1) is 11.3 Å². The Labute approximate surface area is 163 Å². The zero-order chi connectivity index (χ0) is 18.9. The first kappa shape index (κ1) is 19.1. The van der Waals surface area contributed by atoms with E-state index in [-0.39, 0.29) is 5.91 Å². The normalized spacial score (nSPS) is 11.1. The highest BCUT2D eigenvalue weighted by Gasteiger charge is 2.06. The number of benzene rings is 2. The van der Waals surface area contributed by atoms with Crippen LogP contribution in [0.3, 0.4) is 0 Å². The Kier molecular flexibility index (Phi) is 6.99. The third-order valence-corrected chi connectivity index (χ3v) is 4.91. The van der Waals surface area contributed by atoms with E-state index in [9.17, 15) is 4.79 Å². The minimum atomic E-state index is -0.0459. The smallest absolute Gasteiger partial charge is 0.228 e. The number of nitrogens with zero attached hydrogens (tertiary/aromatic N) is 1. The standard InChI is InChI=1S/C22H24N2O2S/c1-2-3-4-5-6-12-26-19-9-7-8-17(13-19)14-22(25)24-18-10-11-20-21(15-18)27-16-23-20/h5-11,13,15-16H,2-4,12,14H2,1H3,(H,24,25). The van der Waals surface area contributed by atoms with E-state index in [1.807, 2.05) is 48.5 Å². The van der Waals surface area contributed by atoms with Gasteiger partial charge in [-0.05, 0) is 42.3 Å². The molecule has 3 aromatic rings. The lowest BCUT2D eigenvalue weighted by molar-refractivity contribution is -0.115. The van der Waals surface area contributed by atoms with Crippen molar-refractivity contribution in [2.24, 2.45) is 0 Å². The highest BCUT2D eigenvalue weighted by Crippen LogP contribution is 2.22. The number of ether oxygens (including phenoxy) is 1. The lowest BCUT2D eigenvalue weighted by Crippen LogP contribution is -2.14. The molecule has 1 N–H and O–H groups in total. The largest absolute Gasteiger partial charge is 0.490 e. The van der Waals surface area contributed by atoms with Crippen LogP contribution in [0.4, 0.5) is 5.69 Å². The summed E-state index contributed by atoms with van der Waals surface area (Å²) in [7, 11) is 0. The van der Waals surface area contributed by atoms with Gasteiger partial charge in [-0.3, -0.25) is 4.79 Å². The molecule has 5 heteroatoms. The summed E-state index contributed by atoms with van der Waals surface area (Å²) >= 11 is 1.56. The predicted molar refractivity (Wildman–Crippen MR) is 113 cm³/mol. The Morgan fingerprint density at radius 2 is 2.15 bits per heavy atom. The quantitative estimate of drug-likeness (QED) is 0.388. The van der Waals surface area contributed by atoms with Crippen LogP contribution in [0.5, 0.6) is 5.75 Å². The maximum Gasteiger partial charge on any atom is 0.228 e. The van der Waals surface area contributed by atoms with Crippen molar-refractivity contribution in [1.82, 2.24) is 4.98 Å². The van der Waals surface area contributed by atoms with E-state index in [4.69, 9.17) is 4.74 Å². The average molecular weight is 381 g/mol. The molecule has 0 aliphatic carbocycles. The van der Waals surface area contributed by atoms with Crippen molar-refractivity contribution in [3.8, 4) is 5.75 Å². The Hall–Kier alpha value is -2.66. The topological polar surface area (TPSA) is 51.2 Å². The van der Waals surface area contributed by atoms with Crippen LogP contribution in [-0.4, -0.2) is 17.5 Å². The fraction of sp³-hybridized carbons (Fsp3) is 0.273. The number of unbranched alkanes of at least 4 members (excludes halogenated alkanes) is 2. The second kappa shape index (κ2) is 9.88. The van der Waals surface area contributed by atoms with Gasteiger partial charge in [0.05, 0.1) is 22.1 Å². The summed E-state index contributed by atoms with van der Waals surface area (Å²) in [6.45, 7) is 2.73. The van der Waals surface area contributed by atoms with Gasteiger partial charge in [0.1, 0.15) is 12.4 Å². The molecular formula is C22H24N2O2S. The van der Waals surface area contributed by atoms with Gasteiger partial charge in [-0.1, -0.05) is 44.1 Å². The van der Waals surface area contributed by atoms with Gasteiger partial charge in [0, 0.05) is 5.69 Å². The fourth-order valence-corrected chi connectivity index (χ4v) is 3.44. The molecule has 27 heavy (non-hydrogen) atoms. The van der Waals surface area contributed by atoms with Gasteiger partial charge in [-0.25, -0.2) is 4.98 Å². The van der Waals surface area contributed by atoms with Crippen molar-refractivity contribution in [1.29, 1.82) is 0 Å². The maximum absolute atomic E-state index is 12.4. The lowest BCUT2D eigenvalue weighted by atomic mass is 10.1. The molecule has 1 amide bonds. The van der Waals surface area contributed by atoms with E-state index >= 15 is 0 Å². The van der Waals surface area contributed by atoms with Crippen LogP contribution in [0.1, 0.15) is 31.7 Å². The molecule has 0 aliphatic rings. The van der Waals surface area contributed by atoms with E-state index in [1.165, 1.54) is 12.8 Å². The molecule has 0 bridgehead atoms. The van der Waals surface area contributed by atoms with E-state index in [1.54, 1.807) is 16.8 Å². The number of hydrogen-bond donors (Lipinski definition) is 1. The van der Waals surface area contributed by atoms with Crippen molar-refractivity contribution in [3.63, 3.8) is 0 Å². The first-order valence-electron chi connectivity index (χ1n) is 9.24. The van der Waals surface area contributed by atoms with Crippen molar-refractivity contribution >= 4 is 33.1 Å². The number of carbonyl (C=O) groups excluding carboxylic acids is 1. The molecule has 0 unspecified atom stereocenters. The van der Waals surface area contributed by atoms with Crippen LogP contribution in [0, 0.1) is 0 Å². The van der Waals surface area contributed by atoms with E-state index < -0.39 is 0 Å². The summed E-state index contributed by atoms with van der Waals surface area (Å²) in [5.41, 5.74) is 4.48. The molecule has 0 saturated carbocycles. The van der Waals surface area contributed by atoms with Crippen LogP contribution in [0.15, 0.2) is 60.1 Å². The van der Waals surface area contributed by atoms with Crippen LogP contribution >= 0.6 is 11.3 Å². The van der Waals surface area contributed by atoms with Gasteiger partial charge in [-0.2, -0.15) is 0 Å². The highest BCUT2D eigenvalue weighted by molar-refractivity contribution is 7.16. The van der Waals surface area contributed by atoms with E-state index in [0.717, 1.165) is 33.6 Å². The van der Waals surface area contributed by atoms with Crippen LogP contribution in [0.25, 0.3) is 10.2 Å². The van der Waals surface area contributed by atoms with Crippen molar-refractivity contribution < 1.29 is 9.53 Å². The Morgan fingerprint density at radius 3 is 3.04 bits per heavy atom. The summed E-state index contributed by atoms with van der Waals surface area (Å²) in [4.78, 5) is 16.6. The number of amides is 1. The molecule has 0 spiro atoms. The minimum absolute atomic E-state index is 0.0459. The fourth-order valence-electron chi connectivity index (χ4n) is 2.72. The van der Waals surface area contributed by atoms with Crippen molar-refractivity contribution in [3.05, 3.63) is 65.7 Å². The molecular weight excluding hydrogens is 356 g/mol. The third-order valence-electron chi connectivity index (χ3n) is 4.12. The van der Waals surface area contributed by atoms with Crippen molar-refractivity contribution in [2.75, 3.05) is 11.9 Å². The average Bonchev–Trinajstić information content (AvgIpc) is 3.12. The molecule has 0 radical (unpaired) electrons. The Bertz CT molecular complexity index is 917. The van der Waals surface area contributed by atoms with Gasteiger partial charge in [0.2, 0.25) is 5.91 Å². The SMILES string of the molecule is CCCCC=CCOc1cccc(CC(=O)Nc2ccc3ncsc3c2)c1. The molecule has 140 valence electrons. The first-order valence-corrected chi connectivity index (χ1v) is 10.1. The van der Waals surface area contributed by atoms with Crippen molar-refractivity contribution in [2.45, 2.75) is 32.6 Å². The van der Waals surface area contributed by atoms with Gasteiger partial charge >= 0.3 is 0 Å². The number of rotatable bonds is 9. The molecule has 0 saturated heterocycles. The Morgan fingerprint density at radius 1 is 1.22 bits per heavy atom. The Balaban J connectivity index is 1.52. The molecule has 0 aliphatic heterocycles. The second-order valence-electron chi connectivity index (χ2n) is 6.33. The maximum atomic E-state index is 12.4. The van der Waals surface area contributed by atoms with Crippen LogP contribution in [0.2, 0.25) is 0 Å². The molecule has 0 atom stereocenters. The number of hydrogen-bond acceptors (Lipinski definition) is 4. The zero-order valence-corrected chi connectivity index (χ0v) is 16.3. The monoisotopic (exact) mass is 380 g/mol. The summed E-state index contributed by atoms with van der Waals surface area (Å²) in [5.74, 6) is 0.738. The number of anilines is 1. The zero-order valence-electron chi connectivity index (χ0n) is 15.5. The molecule has 0 fully saturated rings. The first-order chi connectivity index (χ1) is 13.2. The molecule has 3 rings (SSSR count). The lowest BCUT2D eigenvalue weighted by Gasteiger charge is -2.08. The summed E-state index contributed by atoms with van der Waals surface area (Å²) in [6, 6.07) is 13.5. The van der Waals surface area contributed by atoms with Gasteiger partial charge in [0.25, 0.3) is 0 Å². The van der Waals surface area contributed by atoms with Gasteiger partial charge < -0.3 is 10.1 Å².